The monoisotopic (exact) mass is 308 g/mol. The van der Waals surface area contributed by atoms with E-state index in [-0.39, 0.29) is 6.04 Å². The molecule has 2 N–H and O–H groups in total. The Morgan fingerprint density at radius 1 is 1.22 bits per heavy atom. The quantitative estimate of drug-likeness (QED) is 0.789. The first-order chi connectivity index (χ1) is 8.68. The molecule has 0 aromatic heterocycles. The second-order valence-electron chi connectivity index (χ2n) is 5.71. The van der Waals surface area contributed by atoms with Crippen LogP contribution in [0.2, 0.25) is 0 Å². The van der Waals surface area contributed by atoms with Crippen molar-refractivity contribution in [3.63, 3.8) is 0 Å². The number of anilines is 1. The van der Waals surface area contributed by atoms with Crippen molar-refractivity contribution in [2.24, 2.45) is 11.7 Å². The van der Waals surface area contributed by atoms with Crippen LogP contribution in [0.1, 0.15) is 43.7 Å². The Kier molecular flexibility index (Phi) is 3.37. The van der Waals surface area contributed by atoms with E-state index in [0.29, 0.717) is 12.0 Å². The smallest absolute Gasteiger partial charge is 0.0415 e. The van der Waals surface area contributed by atoms with E-state index in [4.69, 9.17) is 5.73 Å². The highest BCUT2D eigenvalue weighted by Gasteiger charge is 2.38. The Bertz CT molecular complexity index is 446. The molecule has 3 atom stereocenters. The first-order valence-electron chi connectivity index (χ1n) is 6.96. The summed E-state index contributed by atoms with van der Waals surface area (Å²) in [6.45, 7) is 0. The zero-order valence-electron chi connectivity index (χ0n) is 10.9. The van der Waals surface area contributed by atoms with Gasteiger partial charge in [-0.1, -0.05) is 35.2 Å². The molecule has 98 valence electrons. The molecule has 1 saturated carbocycles. The summed E-state index contributed by atoms with van der Waals surface area (Å²) in [4.78, 5) is 2.47. The average Bonchev–Trinajstić information content (AvgIpc) is 2.61. The second kappa shape index (κ2) is 4.86. The highest BCUT2D eigenvalue weighted by Crippen LogP contribution is 2.44. The SMILES string of the molecule is CN1c2ccc(Br)cc2C(N)C2CCCCCC21. The van der Waals surface area contributed by atoms with Crippen LogP contribution in [0.25, 0.3) is 0 Å². The maximum Gasteiger partial charge on any atom is 0.0415 e. The topological polar surface area (TPSA) is 29.3 Å². The fourth-order valence-corrected chi connectivity index (χ4v) is 4.12. The van der Waals surface area contributed by atoms with Crippen molar-refractivity contribution < 1.29 is 0 Å². The zero-order chi connectivity index (χ0) is 12.7. The lowest BCUT2D eigenvalue weighted by Gasteiger charge is -2.44. The molecule has 2 nitrogen and oxygen atoms in total. The zero-order valence-corrected chi connectivity index (χ0v) is 12.5. The van der Waals surface area contributed by atoms with Crippen LogP contribution in [0.15, 0.2) is 22.7 Å². The summed E-state index contributed by atoms with van der Waals surface area (Å²) in [6.07, 6.45) is 6.64. The largest absolute Gasteiger partial charge is 0.371 e. The molecular weight excluding hydrogens is 288 g/mol. The van der Waals surface area contributed by atoms with Crippen LogP contribution in [-0.2, 0) is 0 Å². The van der Waals surface area contributed by atoms with Crippen LogP contribution in [0.3, 0.4) is 0 Å². The molecule has 0 amide bonds. The minimum Gasteiger partial charge on any atom is -0.371 e. The number of hydrogen-bond acceptors (Lipinski definition) is 2. The van der Waals surface area contributed by atoms with E-state index in [1.807, 2.05) is 0 Å². The maximum absolute atomic E-state index is 6.55. The Morgan fingerprint density at radius 3 is 2.83 bits per heavy atom. The van der Waals surface area contributed by atoms with Gasteiger partial charge in [-0.2, -0.15) is 0 Å². The summed E-state index contributed by atoms with van der Waals surface area (Å²) in [5.74, 6) is 0.624. The second-order valence-corrected chi connectivity index (χ2v) is 6.62. The first kappa shape index (κ1) is 12.5. The fraction of sp³-hybridized carbons (Fsp3) is 0.600. The van der Waals surface area contributed by atoms with Crippen molar-refractivity contribution >= 4 is 21.6 Å². The van der Waals surface area contributed by atoms with Gasteiger partial charge in [0.05, 0.1) is 0 Å². The van der Waals surface area contributed by atoms with Crippen molar-refractivity contribution in [2.45, 2.75) is 44.2 Å². The van der Waals surface area contributed by atoms with E-state index in [2.05, 4.69) is 46.1 Å². The van der Waals surface area contributed by atoms with Gasteiger partial charge in [0, 0.05) is 29.3 Å². The van der Waals surface area contributed by atoms with Gasteiger partial charge in [0.15, 0.2) is 0 Å². The number of benzene rings is 1. The highest BCUT2D eigenvalue weighted by molar-refractivity contribution is 9.10. The number of halogens is 1. The Hall–Kier alpha value is -0.540. The van der Waals surface area contributed by atoms with Crippen LogP contribution >= 0.6 is 15.9 Å². The standard InChI is InChI=1S/C15H21BrN2/c1-18-13-6-4-2-3-5-11(13)15(17)12-9-10(16)7-8-14(12)18/h7-9,11,13,15H,2-6,17H2,1H3. The lowest BCUT2D eigenvalue weighted by molar-refractivity contribution is 0.310. The van der Waals surface area contributed by atoms with Crippen molar-refractivity contribution in [2.75, 3.05) is 11.9 Å². The van der Waals surface area contributed by atoms with Gasteiger partial charge in [-0.15, -0.1) is 0 Å². The van der Waals surface area contributed by atoms with Crippen LogP contribution in [0, 0.1) is 5.92 Å². The normalized spacial score (nSPS) is 31.5. The number of nitrogens with zero attached hydrogens (tertiary/aromatic N) is 1. The van der Waals surface area contributed by atoms with Crippen LogP contribution in [0.4, 0.5) is 5.69 Å². The molecule has 1 aromatic rings. The van der Waals surface area contributed by atoms with Crippen molar-refractivity contribution in [1.82, 2.24) is 0 Å². The third kappa shape index (κ3) is 1.97. The summed E-state index contributed by atoms with van der Waals surface area (Å²) in [5.41, 5.74) is 9.20. The van der Waals surface area contributed by atoms with Crippen molar-refractivity contribution in [3.05, 3.63) is 28.2 Å². The maximum atomic E-state index is 6.55. The molecule has 3 unspecified atom stereocenters. The average molecular weight is 309 g/mol. The summed E-state index contributed by atoms with van der Waals surface area (Å²) in [5, 5.41) is 0. The fourth-order valence-electron chi connectivity index (χ4n) is 3.74. The highest BCUT2D eigenvalue weighted by atomic mass is 79.9. The first-order valence-corrected chi connectivity index (χ1v) is 7.75. The van der Waals surface area contributed by atoms with Gasteiger partial charge in [-0.05, 0) is 42.5 Å². The summed E-state index contributed by atoms with van der Waals surface area (Å²) < 4.78 is 1.14. The third-order valence-electron chi connectivity index (χ3n) is 4.72. The molecule has 1 aromatic carbocycles. The molecule has 0 saturated heterocycles. The van der Waals surface area contributed by atoms with E-state index in [1.165, 1.54) is 43.4 Å². The Morgan fingerprint density at radius 2 is 2.00 bits per heavy atom. The molecule has 1 heterocycles. The van der Waals surface area contributed by atoms with E-state index in [9.17, 15) is 0 Å². The van der Waals surface area contributed by atoms with Gasteiger partial charge in [0.2, 0.25) is 0 Å². The van der Waals surface area contributed by atoms with Crippen LogP contribution in [0.5, 0.6) is 0 Å². The number of nitrogens with two attached hydrogens (primary N) is 1. The summed E-state index contributed by atoms with van der Waals surface area (Å²) in [6, 6.07) is 7.38. The van der Waals surface area contributed by atoms with Gasteiger partial charge < -0.3 is 10.6 Å². The van der Waals surface area contributed by atoms with Crippen LogP contribution in [-0.4, -0.2) is 13.1 Å². The Balaban J connectivity index is 2.04. The van der Waals surface area contributed by atoms with Gasteiger partial charge in [-0.25, -0.2) is 0 Å². The molecule has 1 aliphatic carbocycles. The minimum absolute atomic E-state index is 0.205. The van der Waals surface area contributed by atoms with Crippen LogP contribution < -0.4 is 10.6 Å². The number of rotatable bonds is 0. The van der Waals surface area contributed by atoms with Gasteiger partial charge in [-0.3, -0.25) is 0 Å². The molecular formula is C15H21BrN2. The molecule has 1 fully saturated rings. The molecule has 2 aliphatic rings. The molecule has 18 heavy (non-hydrogen) atoms. The molecule has 3 rings (SSSR count). The van der Waals surface area contributed by atoms with Gasteiger partial charge in [0.25, 0.3) is 0 Å². The molecule has 1 aliphatic heterocycles. The van der Waals surface area contributed by atoms with E-state index in [0.717, 1.165) is 4.47 Å². The van der Waals surface area contributed by atoms with E-state index in [1.54, 1.807) is 0 Å². The summed E-state index contributed by atoms with van der Waals surface area (Å²) in [7, 11) is 2.24. The molecule has 0 radical (unpaired) electrons. The van der Waals surface area contributed by atoms with E-state index >= 15 is 0 Å². The van der Waals surface area contributed by atoms with Crippen molar-refractivity contribution in [3.8, 4) is 0 Å². The number of hydrogen-bond donors (Lipinski definition) is 1. The van der Waals surface area contributed by atoms with Gasteiger partial charge >= 0.3 is 0 Å². The molecule has 3 heteroatoms. The summed E-state index contributed by atoms with van der Waals surface area (Å²) >= 11 is 3.57. The van der Waals surface area contributed by atoms with Crippen molar-refractivity contribution in [1.29, 1.82) is 0 Å². The molecule has 0 spiro atoms. The van der Waals surface area contributed by atoms with Gasteiger partial charge in [0.1, 0.15) is 0 Å². The molecule has 0 bridgehead atoms. The predicted octanol–water partition coefficient (Wildman–Crippen LogP) is 3.85. The predicted molar refractivity (Wildman–Crippen MR) is 79.8 cm³/mol. The van der Waals surface area contributed by atoms with E-state index < -0.39 is 0 Å². The lowest BCUT2D eigenvalue weighted by Crippen LogP contribution is -2.46. The lowest BCUT2D eigenvalue weighted by atomic mass is 9.79. The third-order valence-corrected chi connectivity index (χ3v) is 5.21. The Labute approximate surface area is 118 Å². The minimum atomic E-state index is 0.205. The number of fused-ring (bicyclic) bond motifs is 2.